The van der Waals surface area contributed by atoms with Crippen LogP contribution in [0.4, 0.5) is 11.4 Å². The number of halogens is 1. The topological polar surface area (TPSA) is 61.4 Å². The third kappa shape index (κ3) is 3.86. The van der Waals surface area contributed by atoms with Crippen LogP contribution in [0, 0.1) is 23.2 Å². The maximum Gasteiger partial charge on any atom is 0.226 e. The van der Waals surface area contributed by atoms with E-state index in [1.165, 1.54) is 19.3 Å². The van der Waals surface area contributed by atoms with E-state index in [9.17, 15) is 9.59 Å². The fourth-order valence-electron chi connectivity index (χ4n) is 6.08. The summed E-state index contributed by atoms with van der Waals surface area (Å²) in [5.41, 5.74) is 1.43. The number of carbonyl (C=O) groups excluding carboxylic acids is 2. The van der Waals surface area contributed by atoms with Gasteiger partial charge in [0, 0.05) is 37.5 Å². The summed E-state index contributed by atoms with van der Waals surface area (Å²) in [6, 6.07) is 5.44. The van der Waals surface area contributed by atoms with Crippen LogP contribution < -0.4 is 15.5 Å². The van der Waals surface area contributed by atoms with E-state index in [4.69, 9.17) is 11.6 Å². The van der Waals surface area contributed by atoms with Gasteiger partial charge in [0.2, 0.25) is 11.8 Å². The van der Waals surface area contributed by atoms with Crippen LogP contribution in [0.25, 0.3) is 0 Å². The molecule has 5 nitrogen and oxygen atoms in total. The minimum absolute atomic E-state index is 0.115. The second-order valence-electron chi connectivity index (χ2n) is 9.31. The highest BCUT2D eigenvalue weighted by Gasteiger charge is 2.54. The summed E-state index contributed by atoms with van der Waals surface area (Å²) in [5.74, 6) is 2.29. The van der Waals surface area contributed by atoms with Gasteiger partial charge in [-0.15, -0.1) is 0 Å². The van der Waals surface area contributed by atoms with Gasteiger partial charge in [0.25, 0.3) is 0 Å². The monoisotopic (exact) mass is 403 g/mol. The summed E-state index contributed by atoms with van der Waals surface area (Å²) in [5, 5.41) is 6.57. The van der Waals surface area contributed by atoms with Gasteiger partial charge in [0.05, 0.1) is 11.4 Å². The molecule has 4 aliphatic rings. The number of hydrogen-bond donors (Lipinski definition) is 2. The molecule has 1 aromatic rings. The molecular weight excluding hydrogens is 374 g/mol. The molecule has 152 valence electrons. The van der Waals surface area contributed by atoms with Crippen molar-refractivity contribution in [2.45, 2.75) is 44.9 Å². The first-order valence-electron chi connectivity index (χ1n) is 10.4. The van der Waals surface area contributed by atoms with Crippen LogP contribution >= 0.6 is 11.6 Å². The molecule has 0 radical (unpaired) electrons. The van der Waals surface area contributed by atoms with Crippen molar-refractivity contribution >= 4 is 34.8 Å². The molecule has 1 aromatic carbocycles. The highest BCUT2D eigenvalue weighted by molar-refractivity contribution is 6.31. The third-order valence-corrected chi connectivity index (χ3v) is 7.11. The second-order valence-corrected chi connectivity index (χ2v) is 9.74. The van der Waals surface area contributed by atoms with Gasteiger partial charge in [-0.05, 0) is 74.5 Å². The van der Waals surface area contributed by atoms with Crippen LogP contribution in [-0.4, -0.2) is 32.5 Å². The van der Waals surface area contributed by atoms with E-state index < -0.39 is 0 Å². The lowest BCUT2D eigenvalue weighted by atomic mass is 9.49. The lowest BCUT2D eigenvalue weighted by Crippen LogP contribution is -2.53. The molecule has 0 spiro atoms. The van der Waals surface area contributed by atoms with E-state index >= 15 is 0 Å². The first-order chi connectivity index (χ1) is 13.3. The van der Waals surface area contributed by atoms with Crippen molar-refractivity contribution in [2.75, 3.05) is 30.9 Å². The largest absolute Gasteiger partial charge is 0.376 e. The van der Waals surface area contributed by atoms with Crippen LogP contribution in [0.15, 0.2) is 18.2 Å². The highest BCUT2D eigenvalue weighted by Crippen LogP contribution is 2.60. The molecule has 0 heterocycles. The average Bonchev–Trinajstić information content (AvgIpc) is 2.60. The Labute approximate surface area is 172 Å². The number of nitrogens with zero attached hydrogens (tertiary/aromatic N) is 1. The molecule has 0 aliphatic heterocycles. The predicted molar refractivity (Wildman–Crippen MR) is 113 cm³/mol. The van der Waals surface area contributed by atoms with Crippen molar-refractivity contribution in [1.82, 2.24) is 5.32 Å². The van der Waals surface area contributed by atoms with Gasteiger partial charge in [-0.1, -0.05) is 11.6 Å². The van der Waals surface area contributed by atoms with Crippen LogP contribution in [0.2, 0.25) is 5.02 Å². The van der Waals surface area contributed by atoms with E-state index in [0.717, 1.165) is 42.7 Å². The minimum atomic E-state index is -0.156. The molecule has 2 amide bonds. The second kappa shape index (κ2) is 7.58. The van der Waals surface area contributed by atoms with Crippen LogP contribution in [0.1, 0.15) is 44.9 Å². The number of carbonyl (C=O) groups is 2. The van der Waals surface area contributed by atoms with Crippen molar-refractivity contribution in [2.24, 2.45) is 23.2 Å². The third-order valence-electron chi connectivity index (χ3n) is 6.87. The van der Waals surface area contributed by atoms with E-state index in [2.05, 4.69) is 10.6 Å². The molecule has 0 unspecified atom stereocenters. The summed E-state index contributed by atoms with van der Waals surface area (Å²) >= 11 is 6.07. The fraction of sp³-hybridized carbons (Fsp3) is 0.636. The molecule has 28 heavy (non-hydrogen) atoms. The van der Waals surface area contributed by atoms with Crippen molar-refractivity contribution < 1.29 is 9.59 Å². The lowest BCUT2D eigenvalue weighted by Gasteiger charge is -2.55. The molecular formula is C22H30ClN3O2. The molecule has 0 aromatic heterocycles. The van der Waals surface area contributed by atoms with Gasteiger partial charge in [-0.3, -0.25) is 9.59 Å². The van der Waals surface area contributed by atoms with Gasteiger partial charge >= 0.3 is 0 Å². The highest BCUT2D eigenvalue weighted by atomic mass is 35.5. The van der Waals surface area contributed by atoms with E-state index in [1.807, 2.05) is 25.1 Å². The number of anilines is 2. The van der Waals surface area contributed by atoms with Gasteiger partial charge in [0.15, 0.2) is 0 Å². The van der Waals surface area contributed by atoms with Gasteiger partial charge in [0.1, 0.15) is 0 Å². The summed E-state index contributed by atoms with van der Waals surface area (Å²) in [4.78, 5) is 27.3. The van der Waals surface area contributed by atoms with E-state index in [0.29, 0.717) is 17.3 Å². The Hall–Kier alpha value is -1.75. The molecule has 2 N–H and O–H groups in total. The van der Waals surface area contributed by atoms with Gasteiger partial charge in [-0.2, -0.15) is 0 Å². The van der Waals surface area contributed by atoms with Crippen molar-refractivity contribution in [3.8, 4) is 0 Å². The quantitative estimate of drug-likeness (QED) is 0.752. The van der Waals surface area contributed by atoms with Gasteiger partial charge in [-0.25, -0.2) is 0 Å². The Kier molecular flexibility index (Phi) is 5.30. The summed E-state index contributed by atoms with van der Waals surface area (Å²) in [7, 11) is 3.84. The zero-order valence-corrected chi connectivity index (χ0v) is 17.5. The first-order valence-corrected chi connectivity index (χ1v) is 10.8. The van der Waals surface area contributed by atoms with Gasteiger partial charge < -0.3 is 15.5 Å². The summed E-state index contributed by atoms with van der Waals surface area (Å²) in [6.45, 7) is 0.379. The molecule has 6 heteroatoms. The van der Waals surface area contributed by atoms with Crippen molar-refractivity contribution in [3.05, 3.63) is 23.2 Å². The summed E-state index contributed by atoms with van der Waals surface area (Å²) in [6.07, 6.45) is 7.37. The predicted octanol–water partition coefficient (Wildman–Crippen LogP) is 4.07. The Morgan fingerprint density at radius 1 is 1.11 bits per heavy atom. The molecule has 0 atom stereocenters. The maximum atomic E-state index is 13.0. The average molecular weight is 404 g/mol. The first kappa shape index (κ1) is 19.6. The van der Waals surface area contributed by atoms with Crippen LogP contribution in [0.5, 0.6) is 0 Å². The normalized spacial score (nSPS) is 30.2. The number of rotatable bonds is 6. The molecule has 4 bridgehead atoms. The minimum Gasteiger partial charge on any atom is -0.376 e. The molecule has 4 aliphatic carbocycles. The maximum absolute atomic E-state index is 13.0. The standard InChI is InChI=1S/C22H30ClN3O2/c1-26(2)19-4-3-17(23)10-18(19)25-20(27)5-6-24-21(28)22-11-14-7-15(12-22)9-16(8-14)13-22/h3-4,10,14-16H,5-9,11-13H2,1-2H3,(H,24,28)(H,25,27). The molecule has 4 saturated carbocycles. The fourth-order valence-corrected chi connectivity index (χ4v) is 6.25. The number of hydrogen-bond acceptors (Lipinski definition) is 3. The van der Waals surface area contributed by atoms with E-state index in [-0.39, 0.29) is 23.7 Å². The SMILES string of the molecule is CN(C)c1ccc(Cl)cc1NC(=O)CCNC(=O)C12CC3CC(CC(C3)C1)C2. The Bertz CT molecular complexity index is 742. The van der Waals surface area contributed by atoms with Crippen molar-refractivity contribution in [3.63, 3.8) is 0 Å². The smallest absolute Gasteiger partial charge is 0.226 e. The number of nitrogens with one attached hydrogen (secondary N) is 2. The molecule has 4 fully saturated rings. The zero-order chi connectivity index (χ0) is 19.9. The molecule has 0 saturated heterocycles. The summed E-state index contributed by atoms with van der Waals surface area (Å²) < 4.78 is 0. The number of amides is 2. The van der Waals surface area contributed by atoms with E-state index in [1.54, 1.807) is 12.1 Å². The van der Waals surface area contributed by atoms with Crippen LogP contribution in [0.3, 0.4) is 0 Å². The Balaban J connectivity index is 1.30. The Morgan fingerprint density at radius 3 is 2.29 bits per heavy atom. The number of benzene rings is 1. The molecule has 5 rings (SSSR count). The Morgan fingerprint density at radius 2 is 1.71 bits per heavy atom. The lowest BCUT2D eigenvalue weighted by molar-refractivity contribution is -0.146. The van der Waals surface area contributed by atoms with Crippen LogP contribution in [-0.2, 0) is 9.59 Å². The van der Waals surface area contributed by atoms with Crippen molar-refractivity contribution in [1.29, 1.82) is 0 Å². The zero-order valence-electron chi connectivity index (χ0n) is 16.8.